The molecule has 2 atom stereocenters. The predicted molar refractivity (Wildman–Crippen MR) is 79.5 cm³/mol. The minimum atomic E-state index is -0.819. The van der Waals surface area contributed by atoms with Crippen molar-refractivity contribution in [3.63, 3.8) is 0 Å². The molecule has 0 bridgehead atoms. The highest BCUT2D eigenvalue weighted by Gasteiger charge is 2.41. The van der Waals surface area contributed by atoms with Crippen molar-refractivity contribution in [2.24, 2.45) is 11.7 Å². The zero-order chi connectivity index (χ0) is 15.2. The number of carbonyl (C=O) groups is 1. The lowest BCUT2D eigenvalue weighted by Gasteiger charge is -2.41. The summed E-state index contributed by atoms with van der Waals surface area (Å²) in [6, 6.07) is 0.338. The van der Waals surface area contributed by atoms with Crippen molar-refractivity contribution in [2.45, 2.75) is 51.1 Å². The molecule has 2 unspecified atom stereocenters. The van der Waals surface area contributed by atoms with E-state index in [1.54, 1.807) is 7.11 Å². The first-order valence-corrected chi connectivity index (χ1v) is 7.53. The van der Waals surface area contributed by atoms with Crippen molar-refractivity contribution < 1.29 is 14.3 Å². The van der Waals surface area contributed by atoms with Crippen LogP contribution in [0.25, 0.3) is 0 Å². The molecule has 118 valence electrons. The molecule has 1 saturated carbocycles. The molecule has 0 spiro atoms. The number of carbonyl (C=O) groups excluding carboxylic acids is 1. The topological polar surface area (TPSA) is 64.8 Å². The number of nitrogens with zero attached hydrogens (tertiary/aromatic N) is 1. The summed E-state index contributed by atoms with van der Waals surface area (Å²) in [6.45, 7) is 7.01. The molecule has 2 N–H and O–H groups in total. The van der Waals surface area contributed by atoms with Crippen molar-refractivity contribution in [2.75, 3.05) is 33.9 Å². The molecule has 0 aromatic rings. The van der Waals surface area contributed by atoms with Crippen LogP contribution in [0.2, 0.25) is 0 Å². The fraction of sp³-hybridized carbons (Fsp3) is 0.933. The minimum Gasteiger partial charge on any atom is -0.468 e. The summed E-state index contributed by atoms with van der Waals surface area (Å²) in [4.78, 5) is 14.3. The monoisotopic (exact) mass is 286 g/mol. The summed E-state index contributed by atoms with van der Waals surface area (Å²) < 4.78 is 10.1. The fourth-order valence-corrected chi connectivity index (χ4v) is 3.08. The van der Waals surface area contributed by atoms with Gasteiger partial charge in [-0.25, -0.2) is 0 Å². The molecule has 0 aromatic heterocycles. The SMILES string of the molecule is COCCN(CC(C)C)C1CCCC(N)(C(=O)OC)C1. The van der Waals surface area contributed by atoms with E-state index in [1.807, 2.05) is 0 Å². The fourth-order valence-electron chi connectivity index (χ4n) is 3.08. The van der Waals surface area contributed by atoms with Gasteiger partial charge in [0.05, 0.1) is 13.7 Å². The van der Waals surface area contributed by atoms with Gasteiger partial charge in [-0.1, -0.05) is 13.8 Å². The maximum absolute atomic E-state index is 11.9. The minimum absolute atomic E-state index is 0.279. The molecular weight excluding hydrogens is 256 g/mol. The molecular formula is C15H30N2O3. The lowest BCUT2D eigenvalue weighted by Crippen LogP contribution is -2.56. The molecule has 0 saturated heterocycles. The van der Waals surface area contributed by atoms with Crippen LogP contribution in [-0.2, 0) is 14.3 Å². The summed E-state index contributed by atoms with van der Waals surface area (Å²) in [5, 5.41) is 0. The first-order chi connectivity index (χ1) is 9.42. The first kappa shape index (κ1) is 17.4. The number of ether oxygens (including phenoxy) is 2. The van der Waals surface area contributed by atoms with Gasteiger partial charge in [-0.3, -0.25) is 9.69 Å². The van der Waals surface area contributed by atoms with Gasteiger partial charge >= 0.3 is 5.97 Å². The van der Waals surface area contributed by atoms with Crippen LogP contribution in [0.5, 0.6) is 0 Å². The predicted octanol–water partition coefficient (Wildman–Crippen LogP) is 1.40. The standard InChI is InChI=1S/C15H30N2O3/c1-12(2)11-17(8-9-19-3)13-6-5-7-15(16,10-13)14(18)20-4/h12-13H,5-11,16H2,1-4H3. The van der Waals surface area contributed by atoms with E-state index >= 15 is 0 Å². The Labute approximate surface area is 122 Å². The van der Waals surface area contributed by atoms with Gasteiger partial charge < -0.3 is 15.2 Å². The third-order valence-corrected chi connectivity index (χ3v) is 4.05. The van der Waals surface area contributed by atoms with E-state index in [2.05, 4.69) is 18.7 Å². The van der Waals surface area contributed by atoms with Gasteiger partial charge in [-0.05, 0) is 31.6 Å². The highest BCUT2D eigenvalue weighted by Crippen LogP contribution is 2.30. The van der Waals surface area contributed by atoms with E-state index in [4.69, 9.17) is 15.2 Å². The van der Waals surface area contributed by atoms with Gasteiger partial charge in [0.25, 0.3) is 0 Å². The van der Waals surface area contributed by atoms with E-state index in [9.17, 15) is 4.79 Å². The van der Waals surface area contributed by atoms with Crippen molar-refractivity contribution in [1.29, 1.82) is 0 Å². The van der Waals surface area contributed by atoms with Crippen LogP contribution in [0.15, 0.2) is 0 Å². The van der Waals surface area contributed by atoms with Crippen LogP contribution < -0.4 is 5.73 Å². The number of hydrogen-bond acceptors (Lipinski definition) is 5. The van der Waals surface area contributed by atoms with E-state index < -0.39 is 5.54 Å². The van der Waals surface area contributed by atoms with E-state index in [0.29, 0.717) is 25.0 Å². The maximum atomic E-state index is 11.9. The van der Waals surface area contributed by atoms with Crippen LogP contribution in [0.4, 0.5) is 0 Å². The molecule has 5 heteroatoms. The van der Waals surface area contributed by atoms with Gasteiger partial charge in [0.2, 0.25) is 0 Å². The highest BCUT2D eigenvalue weighted by atomic mass is 16.5. The summed E-state index contributed by atoms with van der Waals surface area (Å²) in [6.07, 6.45) is 3.45. The molecule has 0 radical (unpaired) electrons. The Hall–Kier alpha value is -0.650. The Balaban J connectivity index is 2.72. The zero-order valence-electron chi connectivity index (χ0n) is 13.4. The zero-order valence-corrected chi connectivity index (χ0v) is 13.4. The van der Waals surface area contributed by atoms with Crippen LogP contribution in [0, 0.1) is 5.92 Å². The second kappa shape index (κ2) is 7.96. The average Bonchev–Trinajstić information content (AvgIpc) is 2.42. The van der Waals surface area contributed by atoms with Gasteiger partial charge in [-0.15, -0.1) is 0 Å². The normalized spacial score (nSPS) is 27.1. The first-order valence-electron chi connectivity index (χ1n) is 7.53. The van der Waals surface area contributed by atoms with Crippen LogP contribution in [0.3, 0.4) is 0 Å². The Morgan fingerprint density at radius 1 is 1.45 bits per heavy atom. The second-order valence-electron chi connectivity index (χ2n) is 6.28. The number of methoxy groups -OCH3 is 2. The molecule has 1 fully saturated rings. The summed E-state index contributed by atoms with van der Waals surface area (Å²) >= 11 is 0. The molecule has 5 nitrogen and oxygen atoms in total. The van der Waals surface area contributed by atoms with Gasteiger partial charge in [0.15, 0.2) is 0 Å². The van der Waals surface area contributed by atoms with Gasteiger partial charge in [-0.2, -0.15) is 0 Å². The maximum Gasteiger partial charge on any atom is 0.325 e. The van der Waals surface area contributed by atoms with Gasteiger partial charge in [0, 0.05) is 26.2 Å². The highest BCUT2D eigenvalue weighted by molar-refractivity contribution is 5.80. The Morgan fingerprint density at radius 3 is 2.70 bits per heavy atom. The lowest BCUT2D eigenvalue weighted by molar-refractivity contribution is -0.149. The van der Waals surface area contributed by atoms with E-state index in [1.165, 1.54) is 7.11 Å². The van der Waals surface area contributed by atoms with E-state index in [-0.39, 0.29) is 5.97 Å². The number of rotatable bonds is 7. The van der Waals surface area contributed by atoms with Crippen LogP contribution in [-0.4, -0.2) is 56.4 Å². The molecule has 0 heterocycles. The van der Waals surface area contributed by atoms with Crippen molar-refractivity contribution >= 4 is 5.97 Å². The third kappa shape index (κ3) is 4.72. The van der Waals surface area contributed by atoms with E-state index in [0.717, 1.165) is 32.4 Å². The van der Waals surface area contributed by atoms with Crippen molar-refractivity contribution in [3.8, 4) is 0 Å². The second-order valence-corrected chi connectivity index (χ2v) is 6.28. The molecule has 0 amide bonds. The average molecular weight is 286 g/mol. The summed E-state index contributed by atoms with van der Waals surface area (Å²) in [7, 11) is 3.13. The Kier molecular flexibility index (Phi) is 6.92. The quantitative estimate of drug-likeness (QED) is 0.717. The molecule has 1 aliphatic rings. The molecule has 0 aliphatic heterocycles. The molecule has 20 heavy (non-hydrogen) atoms. The summed E-state index contributed by atoms with van der Waals surface area (Å²) in [5.74, 6) is 0.303. The number of esters is 1. The lowest BCUT2D eigenvalue weighted by atomic mass is 9.79. The largest absolute Gasteiger partial charge is 0.468 e. The number of nitrogens with two attached hydrogens (primary N) is 1. The smallest absolute Gasteiger partial charge is 0.325 e. The third-order valence-electron chi connectivity index (χ3n) is 4.05. The molecule has 0 aromatic carbocycles. The molecule has 1 rings (SSSR count). The van der Waals surface area contributed by atoms with Crippen molar-refractivity contribution in [3.05, 3.63) is 0 Å². The number of hydrogen-bond donors (Lipinski definition) is 1. The van der Waals surface area contributed by atoms with Crippen LogP contribution >= 0.6 is 0 Å². The molecule has 1 aliphatic carbocycles. The van der Waals surface area contributed by atoms with Gasteiger partial charge in [0.1, 0.15) is 5.54 Å². The van der Waals surface area contributed by atoms with Crippen molar-refractivity contribution in [1.82, 2.24) is 4.90 Å². The Morgan fingerprint density at radius 2 is 2.15 bits per heavy atom. The summed E-state index contributed by atoms with van der Waals surface area (Å²) in [5.41, 5.74) is 5.45. The Bertz CT molecular complexity index is 309. The van der Waals surface area contributed by atoms with Crippen LogP contribution in [0.1, 0.15) is 39.5 Å².